The molecule has 0 spiro atoms. The molecule has 0 amide bonds. The molecule has 15 heteroatoms. The molecule has 2 saturated heterocycles. The van der Waals surface area contributed by atoms with Crippen LogP contribution >= 0.6 is 29.4 Å². The number of rotatable bonds is 7. The average molecular weight is 585 g/mol. The number of ether oxygens (including phenoxy) is 1. The number of nitrogen functional groups attached to an aromatic ring is 2. The zero-order valence-electron chi connectivity index (χ0n) is 21.4. The fraction of sp³-hybridized carbons (Fsp3) is 0.522. The summed E-state index contributed by atoms with van der Waals surface area (Å²) in [5.41, 5.74) is 11.0. The molecule has 1 aromatic carbocycles. The zero-order valence-corrected chi connectivity index (χ0v) is 23.9. The molecule has 38 heavy (non-hydrogen) atoms. The molecule has 4 heterocycles. The maximum atomic E-state index is 16.2. The molecule has 2 aromatic heterocycles. The van der Waals surface area contributed by atoms with Crippen molar-refractivity contribution in [3.63, 3.8) is 0 Å². The highest BCUT2D eigenvalue weighted by atomic mass is 33.1. The van der Waals surface area contributed by atoms with Crippen LogP contribution in [-0.4, -0.2) is 55.4 Å². The first-order valence-electron chi connectivity index (χ1n) is 12.0. The van der Waals surface area contributed by atoms with E-state index in [-0.39, 0.29) is 40.9 Å². The van der Waals surface area contributed by atoms with Crippen LogP contribution in [0.25, 0.3) is 11.2 Å². The van der Waals surface area contributed by atoms with Gasteiger partial charge in [-0.1, -0.05) is 60.6 Å². The van der Waals surface area contributed by atoms with Gasteiger partial charge in [0.25, 0.3) is 0 Å². The Morgan fingerprint density at radius 2 is 2.05 bits per heavy atom. The summed E-state index contributed by atoms with van der Waals surface area (Å²) in [4.78, 5) is 13.3. The third-order valence-corrected chi connectivity index (χ3v) is 10.9. The Morgan fingerprint density at radius 3 is 2.82 bits per heavy atom. The van der Waals surface area contributed by atoms with Crippen molar-refractivity contribution in [2.45, 2.75) is 67.9 Å². The number of fused-ring (bicyclic) bond motifs is 2. The van der Waals surface area contributed by atoms with Gasteiger partial charge < -0.3 is 16.2 Å². The zero-order chi connectivity index (χ0) is 27.3. The van der Waals surface area contributed by atoms with Crippen LogP contribution in [0.4, 0.5) is 16.2 Å². The van der Waals surface area contributed by atoms with Gasteiger partial charge in [0.15, 0.2) is 23.4 Å². The number of imidazole rings is 1. The number of phosphoric acid groups is 1. The summed E-state index contributed by atoms with van der Waals surface area (Å²) in [6.07, 6.45) is -1.43. The number of aromatic nitrogens is 4. The van der Waals surface area contributed by atoms with E-state index in [4.69, 9.17) is 29.8 Å². The highest BCUT2D eigenvalue weighted by Gasteiger charge is 2.61. The minimum absolute atomic E-state index is 0.0664. The fourth-order valence-electron chi connectivity index (χ4n) is 4.27. The monoisotopic (exact) mass is 584 g/mol. The molecule has 2 fully saturated rings. The van der Waals surface area contributed by atoms with Crippen LogP contribution in [0.1, 0.15) is 39.5 Å². The minimum Gasteiger partial charge on any atom is -0.382 e. The first kappa shape index (κ1) is 27.6. The van der Waals surface area contributed by atoms with Gasteiger partial charge in [-0.3, -0.25) is 18.1 Å². The third kappa shape index (κ3) is 5.53. The van der Waals surface area contributed by atoms with Gasteiger partial charge in [-0.25, -0.2) is 13.9 Å². The number of hydrogen-bond acceptors (Lipinski definition) is 12. The molecule has 0 radical (unpaired) electrons. The lowest BCUT2D eigenvalue weighted by molar-refractivity contribution is -0.0705. The Morgan fingerprint density at radius 1 is 1.29 bits per heavy atom. The van der Waals surface area contributed by atoms with E-state index in [1.54, 1.807) is 21.6 Å². The van der Waals surface area contributed by atoms with Crippen LogP contribution < -0.4 is 11.5 Å². The van der Waals surface area contributed by atoms with Crippen molar-refractivity contribution in [1.82, 2.24) is 19.5 Å². The normalized spacial score (nSPS) is 29.6. The maximum absolute atomic E-state index is 16.2. The first-order valence-corrected chi connectivity index (χ1v) is 15.6. The van der Waals surface area contributed by atoms with Crippen molar-refractivity contribution >= 4 is 52.3 Å². The van der Waals surface area contributed by atoms with Crippen LogP contribution in [0.3, 0.4) is 0 Å². The number of halogens is 1. The van der Waals surface area contributed by atoms with Gasteiger partial charge >= 0.3 is 7.82 Å². The molecule has 0 aliphatic carbocycles. The summed E-state index contributed by atoms with van der Waals surface area (Å²) in [6.45, 7) is 7.66. The van der Waals surface area contributed by atoms with Crippen LogP contribution in [-0.2, 0) is 29.3 Å². The third-order valence-electron chi connectivity index (χ3n) is 6.01. The lowest BCUT2D eigenvalue weighted by Gasteiger charge is -2.33. The molecule has 2 unspecified atom stereocenters. The van der Waals surface area contributed by atoms with Gasteiger partial charge in [0, 0.05) is 9.64 Å². The molecular weight excluding hydrogens is 554 g/mol. The lowest BCUT2D eigenvalue weighted by Crippen LogP contribution is -2.44. The topological polar surface area (TPSA) is 150 Å². The van der Waals surface area contributed by atoms with Gasteiger partial charge in [-0.15, -0.1) is 0 Å². The second kappa shape index (κ2) is 10.2. The van der Waals surface area contributed by atoms with E-state index in [1.807, 2.05) is 24.3 Å². The lowest BCUT2D eigenvalue weighted by atomic mass is 9.98. The number of anilines is 2. The van der Waals surface area contributed by atoms with Crippen molar-refractivity contribution in [3.8, 4) is 0 Å². The van der Waals surface area contributed by atoms with E-state index in [0.29, 0.717) is 6.42 Å². The van der Waals surface area contributed by atoms with E-state index in [1.165, 1.54) is 17.8 Å². The summed E-state index contributed by atoms with van der Waals surface area (Å²) in [5.74, 6) is -0.0149. The van der Waals surface area contributed by atoms with Crippen LogP contribution in [0.2, 0.25) is 0 Å². The number of benzene rings is 1. The van der Waals surface area contributed by atoms with Gasteiger partial charge in [0.05, 0.1) is 19.5 Å². The van der Waals surface area contributed by atoms with Gasteiger partial charge in [0.2, 0.25) is 5.95 Å². The molecule has 0 saturated carbocycles. The summed E-state index contributed by atoms with van der Waals surface area (Å²) in [6, 6.07) is 7.95. The summed E-state index contributed by atoms with van der Waals surface area (Å²) in [5, 5.41) is 0. The Balaban J connectivity index is 1.27. The van der Waals surface area contributed by atoms with E-state index < -0.39 is 31.9 Å². The number of alkyl halides is 1. The second-order valence-corrected chi connectivity index (χ2v) is 14.8. The first-order chi connectivity index (χ1) is 17.9. The Labute approximate surface area is 227 Å². The summed E-state index contributed by atoms with van der Waals surface area (Å²) >= 11 is 0. The fourth-order valence-corrected chi connectivity index (χ4v) is 7.99. The van der Waals surface area contributed by atoms with E-state index in [9.17, 15) is 4.57 Å². The Kier molecular flexibility index (Phi) is 7.44. The number of nitrogens with two attached hydrogens (primary N) is 2. The smallest absolute Gasteiger partial charge is 0.382 e. The summed E-state index contributed by atoms with van der Waals surface area (Å²) in [7, 11) is -0.602. The number of phosphoric ester groups is 1. The van der Waals surface area contributed by atoms with Gasteiger partial charge in [0.1, 0.15) is 17.7 Å². The van der Waals surface area contributed by atoms with Crippen molar-refractivity contribution in [2.75, 3.05) is 24.7 Å². The second-order valence-electron chi connectivity index (χ2n) is 10.2. The quantitative estimate of drug-likeness (QED) is 0.286. The maximum Gasteiger partial charge on any atom is 0.475 e. The van der Waals surface area contributed by atoms with Crippen molar-refractivity contribution in [2.24, 2.45) is 0 Å². The van der Waals surface area contributed by atoms with Crippen molar-refractivity contribution < 1.29 is 27.3 Å². The van der Waals surface area contributed by atoms with Crippen molar-refractivity contribution in [3.05, 3.63) is 36.2 Å². The van der Waals surface area contributed by atoms with Crippen LogP contribution in [0.15, 0.2) is 35.5 Å². The number of hydrogen-bond donors (Lipinski definition) is 2. The van der Waals surface area contributed by atoms with Crippen molar-refractivity contribution in [1.29, 1.82) is 0 Å². The summed E-state index contributed by atoms with van der Waals surface area (Å²) < 4.78 is 53.6. The van der Waals surface area contributed by atoms with Crippen LogP contribution in [0, 0.1) is 0 Å². The van der Waals surface area contributed by atoms with E-state index in [0.717, 1.165) is 10.5 Å². The number of nitrogens with zero attached hydrogens (tertiary/aromatic N) is 4. The Bertz CT molecular complexity index is 1390. The van der Waals surface area contributed by atoms with Gasteiger partial charge in [-0.05, 0) is 25.0 Å². The molecule has 206 valence electrons. The molecule has 0 bridgehead atoms. The molecular formula is C23H30FN6O5PS2. The largest absolute Gasteiger partial charge is 0.475 e. The predicted molar refractivity (Wildman–Crippen MR) is 145 cm³/mol. The molecule has 5 atom stereocenters. The minimum atomic E-state index is -4.05. The standard InChI is InChI=1S/C23H30FN6O5PS2/c1-22(2,3)38-37-15-8-6-5-7-13(15)9-10-32-36(31)33-11-14-17(35-36)23(4,24)20(34-14)30-12-27-16-18(25)28-21(26)29-19(16)30/h5-8,12,14,17,20H,9-11H2,1-4H3,(H4,25,26,28,29)/t14-,17?,20-,23-,36?/m1/s1. The Hall–Kier alpha value is -1.93. The predicted octanol–water partition coefficient (Wildman–Crippen LogP) is 4.94. The molecule has 2 aliphatic heterocycles. The molecule has 11 nitrogen and oxygen atoms in total. The molecule has 5 rings (SSSR count). The highest BCUT2D eigenvalue weighted by Crippen LogP contribution is 2.59. The van der Waals surface area contributed by atoms with Gasteiger partial charge in [-0.2, -0.15) is 9.97 Å². The van der Waals surface area contributed by atoms with E-state index in [2.05, 4.69) is 35.7 Å². The molecule has 4 N–H and O–H groups in total. The highest BCUT2D eigenvalue weighted by molar-refractivity contribution is 8.77. The SMILES string of the molecule is CC(C)(C)SSc1ccccc1CCOP1(=O)OC[C@H]2O[C@@H](n3cnc4c(N)nc(N)nc43)[C@](C)(F)C2O1. The van der Waals surface area contributed by atoms with E-state index >= 15 is 4.39 Å². The molecule has 3 aromatic rings. The average Bonchev–Trinajstić information content (AvgIpc) is 3.36. The molecule has 2 aliphatic rings. The van der Waals surface area contributed by atoms with Crippen LogP contribution in [0.5, 0.6) is 0 Å².